The van der Waals surface area contributed by atoms with Crippen LogP contribution in [0, 0.1) is 5.92 Å². The molecule has 0 amide bonds. The molecule has 6 heteroatoms. The van der Waals surface area contributed by atoms with Gasteiger partial charge >= 0.3 is 0 Å². The number of nitrogens with zero attached hydrogens (tertiary/aromatic N) is 3. The fraction of sp³-hybridized carbons (Fsp3) is 0.933. The average molecular weight is 428 g/mol. The van der Waals surface area contributed by atoms with Crippen molar-refractivity contribution in [2.75, 3.05) is 58.3 Å². The van der Waals surface area contributed by atoms with E-state index in [1.165, 1.54) is 25.1 Å². The number of aliphatic imine (C=N–C) groups is 1. The van der Waals surface area contributed by atoms with Gasteiger partial charge in [-0.3, -0.25) is 4.99 Å². The first kappa shape index (κ1) is 21.3. The van der Waals surface area contributed by atoms with Crippen LogP contribution in [-0.2, 0) is 0 Å². The lowest BCUT2D eigenvalue weighted by Crippen LogP contribution is -2.41. The first-order valence-corrected chi connectivity index (χ1v) is 9.31. The molecule has 1 heterocycles. The topological polar surface area (TPSA) is 30.9 Å². The van der Waals surface area contributed by atoms with Crippen LogP contribution in [0.2, 0.25) is 0 Å². The molecule has 1 aliphatic rings. The lowest BCUT2D eigenvalue weighted by molar-refractivity contribution is 0.255. The van der Waals surface area contributed by atoms with Gasteiger partial charge in [0, 0.05) is 33.2 Å². The number of thioether (sulfide) groups is 1. The molecule has 1 saturated heterocycles. The van der Waals surface area contributed by atoms with Crippen molar-refractivity contribution in [3.8, 4) is 0 Å². The number of halogens is 1. The lowest BCUT2D eigenvalue weighted by atomic mass is 10.1. The van der Waals surface area contributed by atoms with Crippen molar-refractivity contribution in [3.63, 3.8) is 0 Å². The largest absolute Gasteiger partial charge is 0.356 e. The Hall–Kier alpha value is 0.310. The Bertz CT molecular complexity index is 285. The van der Waals surface area contributed by atoms with E-state index < -0.39 is 0 Å². The van der Waals surface area contributed by atoms with Crippen molar-refractivity contribution in [1.29, 1.82) is 0 Å². The van der Waals surface area contributed by atoms with Crippen molar-refractivity contribution in [2.45, 2.75) is 26.7 Å². The second kappa shape index (κ2) is 12.8. The van der Waals surface area contributed by atoms with E-state index in [4.69, 9.17) is 0 Å². The van der Waals surface area contributed by atoms with Gasteiger partial charge < -0.3 is 15.1 Å². The van der Waals surface area contributed by atoms with Crippen molar-refractivity contribution in [2.24, 2.45) is 10.9 Å². The summed E-state index contributed by atoms with van der Waals surface area (Å²) in [5.74, 6) is 3.10. The molecular formula is C15H33IN4S. The summed E-state index contributed by atoms with van der Waals surface area (Å²) in [6.07, 6.45) is 4.66. The monoisotopic (exact) mass is 428 g/mol. The highest BCUT2D eigenvalue weighted by atomic mass is 127. The first-order valence-electron chi connectivity index (χ1n) is 7.92. The molecule has 0 saturated carbocycles. The highest BCUT2D eigenvalue weighted by Crippen LogP contribution is 2.17. The summed E-state index contributed by atoms with van der Waals surface area (Å²) in [4.78, 5) is 9.39. The van der Waals surface area contributed by atoms with Gasteiger partial charge in [0.15, 0.2) is 5.96 Å². The minimum absolute atomic E-state index is 0. The molecule has 0 aromatic heterocycles. The van der Waals surface area contributed by atoms with Crippen molar-refractivity contribution >= 4 is 41.7 Å². The van der Waals surface area contributed by atoms with Gasteiger partial charge in [-0.15, -0.1) is 24.0 Å². The number of nitrogens with one attached hydrogen (secondary N) is 1. The Morgan fingerprint density at radius 2 is 2.10 bits per heavy atom. The molecule has 1 rings (SSSR count). The number of rotatable bonds is 8. The van der Waals surface area contributed by atoms with Gasteiger partial charge in [-0.2, -0.15) is 11.8 Å². The van der Waals surface area contributed by atoms with Gasteiger partial charge in [-0.25, -0.2) is 0 Å². The molecule has 21 heavy (non-hydrogen) atoms. The van der Waals surface area contributed by atoms with Crippen LogP contribution < -0.4 is 5.32 Å². The standard InChI is InChI=1S/C15H32N4S.HI/c1-5-18(6-2)12-14-8-10-19(13-14)15(16-3)17-9-7-11-20-4;/h14H,5-13H2,1-4H3,(H,16,17);1H. The maximum atomic E-state index is 4.43. The van der Waals surface area contributed by atoms with Gasteiger partial charge in [0.25, 0.3) is 0 Å². The summed E-state index contributed by atoms with van der Waals surface area (Å²) in [6.45, 7) is 11.4. The number of hydrogen-bond acceptors (Lipinski definition) is 3. The van der Waals surface area contributed by atoms with E-state index >= 15 is 0 Å². The van der Waals surface area contributed by atoms with E-state index in [-0.39, 0.29) is 24.0 Å². The third-order valence-corrected chi connectivity index (χ3v) is 4.71. The van der Waals surface area contributed by atoms with Crippen LogP contribution in [0.15, 0.2) is 4.99 Å². The van der Waals surface area contributed by atoms with E-state index in [1.54, 1.807) is 0 Å². The summed E-state index contributed by atoms with van der Waals surface area (Å²) in [7, 11) is 1.90. The summed E-state index contributed by atoms with van der Waals surface area (Å²) in [6, 6.07) is 0. The number of guanidine groups is 1. The van der Waals surface area contributed by atoms with E-state index in [0.717, 1.165) is 44.6 Å². The molecule has 1 atom stereocenters. The van der Waals surface area contributed by atoms with Crippen molar-refractivity contribution in [1.82, 2.24) is 15.1 Å². The zero-order valence-corrected chi connectivity index (χ0v) is 17.2. The zero-order chi connectivity index (χ0) is 14.8. The molecule has 1 unspecified atom stereocenters. The molecule has 0 aromatic rings. The summed E-state index contributed by atoms with van der Waals surface area (Å²) >= 11 is 1.91. The second-order valence-electron chi connectivity index (χ2n) is 5.41. The fourth-order valence-corrected chi connectivity index (χ4v) is 3.20. The Balaban J connectivity index is 0.00000400. The lowest BCUT2D eigenvalue weighted by Gasteiger charge is -2.24. The minimum atomic E-state index is 0. The van der Waals surface area contributed by atoms with Crippen LogP contribution in [0.4, 0.5) is 0 Å². The molecular weight excluding hydrogens is 395 g/mol. The van der Waals surface area contributed by atoms with Crippen molar-refractivity contribution in [3.05, 3.63) is 0 Å². The molecule has 0 radical (unpaired) electrons. The van der Waals surface area contributed by atoms with Gasteiger partial charge in [0.05, 0.1) is 0 Å². The SMILES string of the molecule is CCN(CC)CC1CCN(C(=NC)NCCCSC)C1.I. The van der Waals surface area contributed by atoms with E-state index in [1.807, 2.05) is 18.8 Å². The molecule has 0 aromatic carbocycles. The Labute approximate surface area is 152 Å². The van der Waals surface area contributed by atoms with E-state index in [2.05, 4.69) is 40.2 Å². The van der Waals surface area contributed by atoms with Gasteiger partial charge in [-0.1, -0.05) is 13.8 Å². The van der Waals surface area contributed by atoms with Crippen LogP contribution in [0.25, 0.3) is 0 Å². The highest BCUT2D eigenvalue weighted by Gasteiger charge is 2.25. The molecule has 1 N–H and O–H groups in total. The Morgan fingerprint density at radius 3 is 2.67 bits per heavy atom. The highest BCUT2D eigenvalue weighted by molar-refractivity contribution is 14.0. The molecule has 4 nitrogen and oxygen atoms in total. The zero-order valence-electron chi connectivity index (χ0n) is 14.1. The van der Waals surface area contributed by atoms with Gasteiger partial charge in [0.1, 0.15) is 0 Å². The molecule has 126 valence electrons. The van der Waals surface area contributed by atoms with Crippen LogP contribution >= 0.6 is 35.7 Å². The maximum Gasteiger partial charge on any atom is 0.193 e. The molecule has 0 aliphatic carbocycles. The van der Waals surface area contributed by atoms with Crippen LogP contribution in [0.5, 0.6) is 0 Å². The van der Waals surface area contributed by atoms with Crippen LogP contribution in [0.3, 0.4) is 0 Å². The second-order valence-corrected chi connectivity index (χ2v) is 6.39. The molecule has 0 bridgehead atoms. The predicted molar refractivity (Wildman–Crippen MR) is 107 cm³/mol. The minimum Gasteiger partial charge on any atom is -0.356 e. The van der Waals surface area contributed by atoms with Gasteiger partial charge in [0.2, 0.25) is 0 Å². The first-order chi connectivity index (χ1) is 9.74. The Morgan fingerprint density at radius 1 is 1.38 bits per heavy atom. The van der Waals surface area contributed by atoms with Gasteiger partial charge in [-0.05, 0) is 43.9 Å². The quantitative estimate of drug-likeness (QED) is 0.279. The molecule has 0 spiro atoms. The summed E-state index contributed by atoms with van der Waals surface area (Å²) < 4.78 is 0. The van der Waals surface area contributed by atoms with E-state index in [9.17, 15) is 0 Å². The average Bonchev–Trinajstić information content (AvgIpc) is 2.93. The van der Waals surface area contributed by atoms with Crippen LogP contribution in [-0.4, -0.2) is 74.1 Å². The number of likely N-dealkylation sites (tertiary alicyclic amines) is 1. The molecule has 1 fully saturated rings. The predicted octanol–water partition coefficient (Wildman–Crippen LogP) is 2.60. The summed E-state index contributed by atoms with van der Waals surface area (Å²) in [5, 5.41) is 3.50. The smallest absolute Gasteiger partial charge is 0.193 e. The van der Waals surface area contributed by atoms with E-state index in [0.29, 0.717) is 0 Å². The van der Waals surface area contributed by atoms with Crippen LogP contribution in [0.1, 0.15) is 26.7 Å². The third kappa shape index (κ3) is 7.93. The molecule has 1 aliphatic heterocycles. The third-order valence-electron chi connectivity index (χ3n) is 4.02. The summed E-state index contributed by atoms with van der Waals surface area (Å²) in [5.41, 5.74) is 0. The van der Waals surface area contributed by atoms with Crippen molar-refractivity contribution < 1.29 is 0 Å². The number of hydrogen-bond donors (Lipinski definition) is 1. The Kier molecular flexibility index (Phi) is 13.0. The maximum absolute atomic E-state index is 4.43. The fourth-order valence-electron chi connectivity index (χ4n) is 2.77. The normalized spacial score (nSPS) is 19.0.